The van der Waals surface area contributed by atoms with Crippen molar-refractivity contribution in [1.29, 1.82) is 0 Å². The molecule has 1 rings (SSSR count). The molecule has 0 saturated heterocycles. The Morgan fingerprint density at radius 2 is 2.00 bits per heavy atom. The van der Waals surface area contributed by atoms with E-state index >= 15 is 0 Å². The van der Waals surface area contributed by atoms with E-state index in [1.165, 1.54) is 11.1 Å². The van der Waals surface area contributed by atoms with E-state index in [0.717, 1.165) is 12.8 Å². The summed E-state index contributed by atoms with van der Waals surface area (Å²) in [6.45, 7) is 6.48. The average Bonchev–Trinajstić information content (AvgIpc) is 2.01. The molecule has 0 radical (unpaired) electrons. The maximum Gasteiger partial charge on any atom is 0.00131 e. The summed E-state index contributed by atoms with van der Waals surface area (Å²) < 4.78 is 0. The van der Waals surface area contributed by atoms with Crippen molar-refractivity contribution in [2.75, 3.05) is 0 Å². The molecular weight excluding hydrogens is 170 g/mol. The second-order valence-corrected chi connectivity index (χ2v) is 4.51. The Labute approximate surface area is 87.3 Å². The SMILES string of the molecule is Cc1cccc(CC(C)CC(C)N)c1. The fraction of sp³-hybridized carbons (Fsp3) is 0.538. The van der Waals surface area contributed by atoms with E-state index in [2.05, 4.69) is 45.0 Å². The molecule has 0 fully saturated rings. The van der Waals surface area contributed by atoms with Crippen molar-refractivity contribution >= 4 is 0 Å². The zero-order valence-electron chi connectivity index (χ0n) is 9.46. The monoisotopic (exact) mass is 191 g/mol. The molecule has 2 N–H and O–H groups in total. The van der Waals surface area contributed by atoms with Gasteiger partial charge in [0.1, 0.15) is 0 Å². The minimum absolute atomic E-state index is 0.315. The van der Waals surface area contributed by atoms with E-state index in [4.69, 9.17) is 5.73 Å². The van der Waals surface area contributed by atoms with Gasteiger partial charge in [-0.3, -0.25) is 0 Å². The van der Waals surface area contributed by atoms with Crippen LogP contribution in [0.5, 0.6) is 0 Å². The Morgan fingerprint density at radius 1 is 1.29 bits per heavy atom. The lowest BCUT2D eigenvalue weighted by Crippen LogP contribution is -2.19. The number of benzene rings is 1. The van der Waals surface area contributed by atoms with Crippen LogP contribution >= 0.6 is 0 Å². The molecule has 0 heterocycles. The normalized spacial score (nSPS) is 15.1. The summed E-state index contributed by atoms with van der Waals surface area (Å²) in [5.74, 6) is 0.678. The van der Waals surface area contributed by atoms with E-state index in [-0.39, 0.29) is 0 Å². The van der Waals surface area contributed by atoms with Crippen LogP contribution in [0.25, 0.3) is 0 Å². The molecule has 0 aliphatic carbocycles. The van der Waals surface area contributed by atoms with Gasteiger partial charge in [0.15, 0.2) is 0 Å². The Kier molecular flexibility index (Phi) is 4.15. The lowest BCUT2D eigenvalue weighted by atomic mass is 9.95. The molecule has 1 aromatic carbocycles. The minimum atomic E-state index is 0.315. The van der Waals surface area contributed by atoms with Crippen molar-refractivity contribution in [2.24, 2.45) is 11.7 Å². The van der Waals surface area contributed by atoms with Crippen molar-refractivity contribution in [2.45, 2.75) is 39.7 Å². The second-order valence-electron chi connectivity index (χ2n) is 4.51. The zero-order valence-corrected chi connectivity index (χ0v) is 9.46. The maximum absolute atomic E-state index is 5.78. The van der Waals surface area contributed by atoms with Gasteiger partial charge in [0.25, 0.3) is 0 Å². The Morgan fingerprint density at radius 3 is 2.57 bits per heavy atom. The molecule has 0 aliphatic rings. The molecular formula is C13H21N. The fourth-order valence-electron chi connectivity index (χ4n) is 1.96. The van der Waals surface area contributed by atoms with E-state index in [0.29, 0.717) is 12.0 Å². The van der Waals surface area contributed by atoms with Gasteiger partial charge >= 0.3 is 0 Å². The number of hydrogen-bond acceptors (Lipinski definition) is 1. The highest BCUT2D eigenvalue weighted by Crippen LogP contribution is 2.14. The highest BCUT2D eigenvalue weighted by Gasteiger charge is 2.06. The van der Waals surface area contributed by atoms with Gasteiger partial charge in [0.2, 0.25) is 0 Å². The largest absolute Gasteiger partial charge is 0.328 e. The van der Waals surface area contributed by atoms with Gasteiger partial charge in [0.05, 0.1) is 0 Å². The molecule has 14 heavy (non-hydrogen) atoms. The highest BCUT2D eigenvalue weighted by molar-refractivity contribution is 5.22. The van der Waals surface area contributed by atoms with Crippen molar-refractivity contribution < 1.29 is 0 Å². The van der Waals surface area contributed by atoms with Crippen LogP contribution in [0.2, 0.25) is 0 Å². The molecule has 0 bridgehead atoms. The molecule has 1 aromatic rings. The van der Waals surface area contributed by atoms with Gasteiger partial charge in [-0.2, -0.15) is 0 Å². The number of rotatable bonds is 4. The minimum Gasteiger partial charge on any atom is -0.328 e. The van der Waals surface area contributed by atoms with Crippen LogP contribution in [0.15, 0.2) is 24.3 Å². The van der Waals surface area contributed by atoms with E-state index < -0.39 is 0 Å². The van der Waals surface area contributed by atoms with Crippen LogP contribution < -0.4 is 5.73 Å². The van der Waals surface area contributed by atoms with Gasteiger partial charge in [-0.1, -0.05) is 36.8 Å². The third-order valence-electron chi connectivity index (χ3n) is 2.44. The molecule has 0 aromatic heterocycles. The topological polar surface area (TPSA) is 26.0 Å². The zero-order chi connectivity index (χ0) is 10.6. The van der Waals surface area contributed by atoms with E-state index in [1.54, 1.807) is 0 Å². The summed E-state index contributed by atoms with van der Waals surface area (Å²) in [4.78, 5) is 0. The molecule has 78 valence electrons. The van der Waals surface area contributed by atoms with Crippen molar-refractivity contribution in [3.05, 3.63) is 35.4 Å². The lowest BCUT2D eigenvalue weighted by molar-refractivity contribution is 0.480. The standard InChI is InChI=1S/C13H21N/c1-10-5-4-6-13(8-10)9-11(2)7-12(3)14/h4-6,8,11-12H,7,9,14H2,1-3H3. The summed E-state index contributed by atoms with van der Waals surface area (Å²) in [5, 5.41) is 0. The predicted octanol–water partition coefficient (Wildman–Crippen LogP) is 2.91. The van der Waals surface area contributed by atoms with Crippen molar-refractivity contribution in [3.8, 4) is 0 Å². The molecule has 0 aliphatic heterocycles. The average molecular weight is 191 g/mol. The van der Waals surface area contributed by atoms with Crippen LogP contribution in [-0.2, 0) is 6.42 Å². The first-order chi connectivity index (χ1) is 6.58. The van der Waals surface area contributed by atoms with Crippen LogP contribution in [-0.4, -0.2) is 6.04 Å². The number of hydrogen-bond donors (Lipinski definition) is 1. The summed E-state index contributed by atoms with van der Waals surface area (Å²) in [6, 6.07) is 9.04. The van der Waals surface area contributed by atoms with Crippen LogP contribution in [0.4, 0.5) is 0 Å². The van der Waals surface area contributed by atoms with Crippen molar-refractivity contribution in [1.82, 2.24) is 0 Å². The third kappa shape index (κ3) is 3.93. The summed E-state index contributed by atoms with van der Waals surface area (Å²) in [5.41, 5.74) is 8.55. The Bertz CT molecular complexity index is 278. The summed E-state index contributed by atoms with van der Waals surface area (Å²) >= 11 is 0. The summed E-state index contributed by atoms with van der Waals surface area (Å²) in [7, 11) is 0. The molecule has 0 saturated carbocycles. The van der Waals surface area contributed by atoms with Crippen LogP contribution in [0.3, 0.4) is 0 Å². The maximum atomic E-state index is 5.78. The van der Waals surface area contributed by atoms with Crippen molar-refractivity contribution in [3.63, 3.8) is 0 Å². The quantitative estimate of drug-likeness (QED) is 0.778. The van der Waals surface area contributed by atoms with Gasteiger partial charge in [-0.15, -0.1) is 0 Å². The molecule has 2 atom stereocenters. The first kappa shape index (κ1) is 11.3. The highest BCUT2D eigenvalue weighted by atomic mass is 14.6. The first-order valence-corrected chi connectivity index (χ1v) is 5.39. The smallest absolute Gasteiger partial charge is 0.00131 e. The second kappa shape index (κ2) is 5.16. The molecule has 2 unspecified atom stereocenters. The van der Waals surface area contributed by atoms with Gasteiger partial charge in [-0.05, 0) is 38.2 Å². The van der Waals surface area contributed by atoms with Crippen LogP contribution in [0.1, 0.15) is 31.4 Å². The third-order valence-corrected chi connectivity index (χ3v) is 2.44. The molecule has 0 amide bonds. The molecule has 1 heteroatoms. The first-order valence-electron chi connectivity index (χ1n) is 5.39. The fourth-order valence-corrected chi connectivity index (χ4v) is 1.96. The van der Waals surface area contributed by atoms with Gasteiger partial charge in [-0.25, -0.2) is 0 Å². The summed E-state index contributed by atoms with van der Waals surface area (Å²) in [6.07, 6.45) is 2.25. The van der Waals surface area contributed by atoms with E-state index in [9.17, 15) is 0 Å². The van der Waals surface area contributed by atoms with Gasteiger partial charge < -0.3 is 5.73 Å². The predicted molar refractivity (Wildman–Crippen MR) is 62.3 cm³/mol. The van der Waals surface area contributed by atoms with Gasteiger partial charge in [0, 0.05) is 6.04 Å². The Balaban J connectivity index is 2.51. The van der Waals surface area contributed by atoms with Crippen LogP contribution in [0, 0.1) is 12.8 Å². The van der Waals surface area contributed by atoms with E-state index in [1.807, 2.05) is 0 Å². The lowest BCUT2D eigenvalue weighted by Gasteiger charge is -2.14. The molecule has 1 nitrogen and oxygen atoms in total. The number of nitrogens with two attached hydrogens (primary N) is 1. The Hall–Kier alpha value is -0.820. The number of aryl methyl sites for hydroxylation is 1. The molecule has 0 spiro atoms.